The second-order valence-corrected chi connectivity index (χ2v) is 5.96. The van der Waals surface area contributed by atoms with Gasteiger partial charge in [0.1, 0.15) is 30.1 Å². The molecule has 0 spiro atoms. The zero-order valence-electron chi connectivity index (χ0n) is 12.3. The predicted octanol–water partition coefficient (Wildman–Crippen LogP) is 2.15. The average molecular weight is 364 g/mol. The number of nitrogens with zero attached hydrogens (tertiary/aromatic N) is 5. The van der Waals surface area contributed by atoms with Gasteiger partial charge < -0.3 is 15.5 Å². The van der Waals surface area contributed by atoms with Gasteiger partial charge in [-0.15, -0.1) is 0 Å². The Morgan fingerprint density at radius 1 is 1.32 bits per heavy atom. The summed E-state index contributed by atoms with van der Waals surface area (Å²) in [4.78, 5) is 19.1. The highest BCUT2D eigenvalue weighted by Gasteiger charge is 2.26. The zero-order valence-corrected chi connectivity index (χ0v) is 13.9. The van der Waals surface area contributed by atoms with Crippen molar-refractivity contribution in [1.29, 1.82) is 0 Å². The van der Waals surface area contributed by atoms with E-state index in [9.17, 15) is 0 Å². The second kappa shape index (κ2) is 6.87. The van der Waals surface area contributed by atoms with Crippen LogP contribution in [0, 0.1) is 0 Å². The molecule has 1 aliphatic rings. The normalized spacial score (nSPS) is 17.5. The SMILES string of the molecule is CNc1cc(N2CCCC2CNc2ncncc2Br)ncn1. The molecule has 22 heavy (non-hydrogen) atoms. The molecule has 3 rings (SSSR count). The first-order valence-corrected chi connectivity index (χ1v) is 8.03. The van der Waals surface area contributed by atoms with Crippen molar-refractivity contribution in [2.75, 3.05) is 35.7 Å². The molecule has 0 radical (unpaired) electrons. The number of rotatable bonds is 5. The molecule has 1 atom stereocenters. The molecule has 2 aromatic heterocycles. The topological polar surface area (TPSA) is 78.9 Å². The Balaban J connectivity index is 1.69. The summed E-state index contributed by atoms with van der Waals surface area (Å²) < 4.78 is 0.874. The van der Waals surface area contributed by atoms with Crippen molar-refractivity contribution in [2.45, 2.75) is 18.9 Å². The van der Waals surface area contributed by atoms with E-state index in [-0.39, 0.29) is 0 Å². The third kappa shape index (κ3) is 3.27. The van der Waals surface area contributed by atoms with Crippen molar-refractivity contribution < 1.29 is 0 Å². The molecular weight excluding hydrogens is 346 g/mol. The summed E-state index contributed by atoms with van der Waals surface area (Å²) in [5, 5.41) is 6.44. The van der Waals surface area contributed by atoms with Gasteiger partial charge in [-0.25, -0.2) is 19.9 Å². The van der Waals surface area contributed by atoms with Gasteiger partial charge in [0.05, 0.1) is 4.47 Å². The van der Waals surface area contributed by atoms with E-state index in [0.29, 0.717) is 6.04 Å². The molecule has 1 aliphatic heterocycles. The van der Waals surface area contributed by atoms with Crippen LogP contribution in [0.2, 0.25) is 0 Å². The van der Waals surface area contributed by atoms with Gasteiger partial charge in [0.25, 0.3) is 0 Å². The lowest BCUT2D eigenvalue weighted by molar-refractivity contribution is 0.688. The van der Waals surface area contributed by atoms with Crippen molar-refractivity contribution in [3.8, 4) is 0 Å². The van der Waals surface area contributed by atoms with Crippen LogP contribution >= 0.6 is 15.9 Å². The summed E-state index contributed by atoms with van der Waals surface area (Å²) >= 11 is 3.45. The van der Waals surface area contributed by atoms with Crippen LogP contribution < -0.4 is 15.5 Å². The minimum Gasteiger partial charge on any atom is -0.373 e. The maximum Gasteiger partial charge on any atom is 0.143 e. The Hall–Kier alpha value is -1.96. The summed E-state index contributed by atoms with van der Waals surface area (Å²) in [5.74, 6) is 2.62. The van der Waals surface area contributed by atoms with Crippen LogP contribution in [0.5, 0.6) is 0 Å². The molecule has 116 valence electrons. The third-order valence-electron chi connectivity index (χ3n) is 3.75. The van der Waals surface area contributed by atoms with Crippen molar-refractivity contribution >= 4 is 33.4 Å². The average Bonchev–Trinajstić information content (AvgIpc) is 3.03. The fourth-order valence-electron chi connectivity index (χ4n) is 2.65. The molecule has 1 unspecified atom stereocenters. The molecule has 2 aromatic rings. The van der Waals surface area contributed by atoms with Gasteiger partial charge in [-0.1, -0.05) is 0 Å². The monoisotopic (exact) mass is 363 g/mol. The molecule has 3 heterocycles. The second-order valence-electron chi connectivity index (χ2n) is 5.10. The first-order chi connectivity index (χ1) is 10.8. The molecule has 0 saturated carbocycles. The van der Waals surface area contributed by atoms with Crippen LogP contribution in [-0.4, -0.2) is 46.1 Å². The lowest BCUT2D eigenvalue weighted by Gasteiger charge is -2.26. The molecule has 1 saturated heterocycles. The number of nitrogens with one attached hydrogen (secondary N) is 2. The van der Waals surface area contributed by atoms with Gasteiger partial charge in [0.15, 0.2) is 0 Å². The van der Waals surface area contributed by atoms with Crippen LogP contribution in [0.25, 0.3) is 0 Å². The van der Waals surface area contributed by atoms with Gasteiger partial charge in [0, 0.05) is 38.4 Å². The Morgan fingerprint density at radius 2 is 2.23 bits per heavy atom. The van der Waals surface area contributed by atoms with Crippen LogP contribution in [0.1, 0.15) is 12.8 Å². The van der Waals surface area contributed by atoms with E-state index in [2.05, 4.69) is 51.4 Å². The highest BCUT2D eigenvalue weighted by atomic mass is 79.9. The molecule has 0 aliphatic carbocycles. The molecule has 2 N–H and O–H groups in total. The third-order valence-corrected chi connectivity index (χ3v) is 4.33. The van der Waals surface area contributed by atoms with Crippen LogP contribution in [0.15, 0.2) is 29.4 Å². The molecule has 0 bridgehead atoms. The van der Waals surface area contributed by atoms with Crippen molar-refractivity contribution in [3.05, 3.63) is 29.4 Å². The summed E-state index contributed by atoms with van der Waals surface area (Å²) in [6, 6.07) is 2.38. The van der Waals surface area contributed by atoms with E-state index >= 15 is 0 Å². The highest BCUT2D eigenvalue weighted by Crippen LogP contribution is 2.25. The number of hydrogen-bond acceptors (Lipinski definition) is 7. The molecule has 8 heteroatoms. The first-order valence-electron chi connectivity index (χ1n) is 7.23. The van der Waals surface area contributed by atoms with Crippen molar-refractivity contribution in [1.82, 2.24) is 19.9 Å². The number of aromatic nitrogens is 4. The van der Waals surface area contributed by atoms with Gasteiger partial charge in [-0.3, -0.25) is 0 Å². The maximum absolute atomic E-state index is 4.40. The maximum atomic E-state index is 4.40. The molecule has 1 fully saturated rings. The lowest BCUT2D eigenvalue weighted by Crippen LogP contribution is -2.35. The Kier molecular flexibility index (Phi) is 4.67. The molecule has 0 amide bonds. The number of halogens is 1. The predicted molar refractivity (Wildman–Crippen MR) is 90.2 cm³/mol. The van der Waals surface area contributed by atoms with Gasteiger partial charge in [0.2, 0.25) is 0 Å². The summed E-state index contributed by atoms with van der Waals surface area (Å²) in [5.41, 5.74) is 0. The lowest BCUT2D eigenvalue weighted by atomic mass is 10.2. The van der Waals surface area contributed by atoms with E-state index in [0.717, 1.165) is 47.9 Å². The van der Waals surface area contributed by atoms with E-state index in [1.54, 1.807) is 18.9 Å². The number of anilines is 3. The quantitative estimate of drug-likeness (QED) is 0.842. The van der Waals surface area contributed by atoms with Crippen LogP contribution in [0.4, 0.5) is 17.5 Å². The van der Waals surface area contributed by atoms with Crippen molar-refractivity contribution in [2.24, 2.45) is 0 Å². The molecular formula is C14H18BrN7. The largest absolute Gasteiger partial charge is 0.373 e. The minimum atomic E-state index is 0.390. The van der Waals surface area contributed by atoms with Crippen LogP contribution in [0.3, 0.4) is 0 Å². The van der Waals surface area contributed by atoms with Crippen molar-refractivity contribution in [3.63, 3.8) is 0 Å². The zero-order chi connectivity index (χ0) is 15.4. The Labute approximate surface area is 137 Å². The smallest absolute Gasteiger partial charge is 0.143 e. The Bertz CT molecular complexity index is 636. The summed E-state index contributed by atoms with van der Waals surface area (Å²) in [6.45, 7) is 1.83. The van der Waals surface area contributed by atoms with E-state index in [1.165, 1.54) is 0 Å². The van der Waals surface area contributed by atoms with Gasteiger partial charge >= 0.3 is 0 Å². The number of hydrogen-bond donors (Lipinski definition) is 2. The standard InChI is InChI=1S/C14H18BrN7/c1-16-12-5-13(20-9-19-12)22-4-2-3-10(22)6-18-14-11(15)7-17-8-21-14/h5,7-10H,2-4,6H2,1H3,(H,16,19,20)(H,17,18,21). The van der Waals surface area contributed by atoms with Gasteiger partial charge in [-0.2, -0.15) is 0 Å². The fourth-order valence-corrected chi connectivity index (χ4v) is 3.01. The molecule has 7 nitrogen and oxygen atoms in total. The fraction of sp³-hybridized carbons (Fsp3) is 0.429. The summed E-state index contributed by atoms with van der Waals surface area (Å²) in [6.07, 6.45) is 7.18. The van der Waals surface area contributed by atoms with E-state index < -0.39 is 0 Å². The van der Waals surface area contributed by atoms with E-state index in [1.807, 2.05) is 13.1 Å². The molecule has 0 aromatic carbocycles. The first kappa shape index (κ1) is 15.0. The Morgan fingerprint density at radius 3 is 3.05 bits per heavy atom. The minimum absolute atomic E-state index is 0.390. The van der Waals surface area contributed by atoms with E-state index in [4.69, 9.17) is 0 Å². The van der Waals surface area contributed by atoms with Crippen LogP contribution in [-0.2, 0) is 0 Å². The highest BCUT2D eigenvalue weighted by molar-refractivity contribution is 9.10. The van der Waals surface area contributed by atoms with Gasteiger partial charge in [-0.05, 0) is 28.8 Å². The summed E-state index contributed by atoms with van der Waals surface area (Å²) in [7, 11) is 1.86.